The van der Waals surface area contributed by atoms with E-state index in [1.807, 2.05) is 0 Å². The predicted octanol–water partition coefficient (Wildman–Crippen LogP) is 1.63. The van der Waals surface area contributed by atoms with E-state index in [0.717, 1.165) is 6.54 Å². The zero-order chi connectivity index (χ0) is 12.8. The van der Waals surface area contributed by atoms with Gasteiger partial charge in [0.25, 0.3) is 0 Å². The smallest absolute Gasteiger partial charge is 0.323 e. The number of amides is 2. The molecular weight excluding hydrogens is 220 g/mol. The first kappa shape index (κ1) is 13.8. The molecule has 1 fully saturated rings. The number of aliphatic carboxylic acids is 1. The van der Waals surface area contributed by atoms with Crippen molar-refractivity contribution in [3.05, 3.63) is 0 Å². The van der Waals surface area contributed by atoms with Gasteiger partial charge in [0.1, 0.15) is 6.54 Å². The molecule has 0 aromatic heterocycles. The highest BCUT2D eigenvalue weighted by Gasteiger charge is 2.21. The Hall–Kier alpha value is -1.26. The maximum atomic E-state index is 11.8. The van der Waals surface area contributed by atoms with Gasteiger partial charge < -0.3 is 14.9 Å². The van der Waals surface area contributed by atoms with Crippen LogP contribution in [0.1, 0.15) is 32.1 Å². The Morgan fingerprint density at radius 3 is 2.24 bits per heavy atom. The molecule has 0 unspecified atom stereocenters. The van der Waals surface area contributed by atoms with Crippen LogP contribution in [0.4, 0.5) is 4.79 Å². The van der Waals surface area contributed by atoms with E-state index in [2.05, 4.69) is 0 Å². The first-order valence-corrected chi connectivity index (χ1v) is 6.18. The third kappa shape index (κ3) is 4.63. The number of urea groups is 1. The number of carboxylic acid groups (broad SMARTS) is 1. The molecule has 2 amide bonds. The predicted molar refractivity (Wildman–Crippen MR) is 64.9 cm³/mol. The molecule has 17 heavy (non-hydrogen) atoms. The van der Waals surface area contributed by atoms with Gasteiger partial charge in [0.2, 0.25) is 0 Å². The lowest BCUT2D eigenvalue weighted by Gasteiger charge is -2.29. The highest BCUT2D eigenvalue weighted by atomic mass is 16.4. The Balaban J connectivity index is 2.37. The van der Waals surface area contributed by atoms with Crippen LogP contribution in [0.15, 0.2) is 0 Å². The molecule has 0 heterocycles. The van der Waals surface area contributed by atoms with Crippen molar-refractivity contribution in [2.24, 2.45) is 5.92 Å². The summed E-state index contributed by atoms with van der Waals surface area (Å²) < 4.78 is 0. The van der Waals surface area contributed by atoms with Crippen LogP contribution in [0.25, 0.3) is 0 Å². The van der Waals surface area contributed by atoms with Crippen molar-refractivity contribution in [3.63, 3.8) is 0 Å². The van der Waals surface area contributed by atoms with Gasteiger partial charge in [0.15, 0.2) is 0 Å². The quantitative estimate of drug-likeness (QED) is 0.815. The molecule has 0 aliphatic heterocycles. The molecule has 0 saturated heterocycles. The summed E-state index contributed by atoms with van der Waals surface area (Å²) in [6.07, 6.45) is 6.16. The van der Waals surface area contributed by atoms with Crippen LogP contribution in [0, 0.1) is 5.92 Å². The summed E-state index contributed by atoms with van der Waals surface area (Å²) in [4.78, 5) is 25.2. The van der Waals surface area contributed by atoms with E-state index < -0.39 is 5.97 Å². The van der Waals surface area contributed by atoms with E-state index in [1.54, 1.807) is 11.9 Å². The van der Waals surface area contributed by atoms with Crippen LogP contribution in [-0.4, -0.2) is 54.1 Å². The van der Waals surface area contributed by atoms with E-state index in [0.29, 0.717) is 5.92 Å². The molecule has 0 spiro atoms. The van der Waals surface area contributed by atoms with Crippen LogP contribution in [0.3, 0.4) is 0 Å². The molecule has 1 aliphatic rings. The average molecular weight is 242 g/mol. The molecule has 98 valence electrons. The van der Waals surface area contributed by atoms with Crippen molar-refractivity contribution in [3.8, 4) is 0 Å². The molecule has 5 nitrogen and oxygen atoms in total. The van der Waals surface area contributed by atoms with E-state index >= 15 is 0 Å². The highest BCUT2D eigenvalue weighted by Crippen LogP contribution is 2.24. The largest absolute Gasteiger partial charge is 0.480 e. The SMILES string of the molecule is CN(CC(=O)O)C(=O)N(C)CC1CCCCC1. The van der Waals surface area contributed by atoms with Gasteiger partial charge in [-0.1, -0.05) is 19.3 Å². The molecular formula is C12H22N2O3. The second kappa shape index (κ2) is 6.47. The topological polar surface area (TPSA) is 60.9 Å². The molecule has 1 aliphatic carbocycles. The highest BCUT2D eigenvalue weighted by molar-refractivity contribution is 5.79. The minimum Gasteiger partial charge on any atom is -0.480 e. The molecule has 1 N–H and O–H groups in total. The first-order chi connectivity index (χ1) is 8.00. The van der Waals surface area contributed by atoms with Gasteiger partial charge in [-0.2, -0.15) is 0 Å². The van der Waals surface area contributed by atoms with Gasteiger partial charge in [-0.25, -0.2) is 4.79 Å². The standard InChI is InChI=1S/C12H22N2O3/c1-13(8-10-6-4-3-5-7-10)12(17)14(2)9-11(15)16/h10H,3-9H2,1-2H3,(H,15,16). The summed E-state index contributed by atoms with van der Waals surface area (Å²) >= 11 is 0. The second-order valence-corrected chi connectivity index (χ2v) is 4.92. The maximum Gasteiger partial charge on any atom is 0.323 e. The van der Waals surface area contributed by atoms with Gasteiger partial charge in [-0.05, 0) is 18.8 Å². The van der Waals surface area contributed by atoms with Crippen LogP contribution in [-0.2, 0) is 4.79 Å². The molecule has 0 radical (unpaired) electrons. The van der Waals surface area contributed by atoms with Gasteiger partial charge in [0, 0.05) is 20.6 Å². The van der Waals surface area contributed by atoms with Crippen LogP contribution < -0.4 is 0 Å². The average Bonchev–Trinajstić information content (AvgIpc) is 2.28. The number of hydrogen-bond acceptors (Lipinski definition) is 2. The number of hydrogen-bond donors (Lipinski definition) is 1. The fourth-order valence-corrected chi connectivity index (χ4v) is 2.40. The van der Waals surface area contributed by atoms with Crippen molar-refractivity contribution in [2.75, 3.05) is 27.2 Å². The summed E-state index contributed by atoms with van der Waals surface area (Å²) in [6.45, 7) is 0.497. The van der Waals surface area contributed by atoms with Gasteiger partial charge in [0.05, 0.1) is 0 Å². The number of carbonyl (C=O) groups is 2. The van der Waals surface area contributed by atoms with Gasteiger partial charge >= 0.3 is 12.0 Å². The Morgan fingerprint density at radius 2 is 1.71 bits per heavy atom. The fraction of sp³-hybridized carbons (Fsp3) is 0.833. The summed E-state index contributed by atoms with van der Waals surface area (Å²) in [7, 11) is 3.27. The minimum absolute atomic E-state index is 0.210. The number of rotatable bonds is 4. The Bertz CT molecular complexity index is 275. The molecule has 0 aromatic rings. The van der Waals surface area contributed by atoms with E-state index in [1.165, 1.54) is 44.1 Å². The van der Waals surface area contributed by atoms with Crippen LogP contribution in [0.5, 0.6) is 0 Å². The number of likely N-dealkylation sites (N-methyl/N-ethyl adjacent to an activating group) is 1. The van der Waals surface area contributed by atoms with E-state index in [-0.39, 0.29) is 12.6 Å². The van der Waals surface area contributed by atoms with E-state index in [4.69, 9.17) is 5.11 Å². The number of carbonyl (C=O) groups excluding carboxylic acids is 1. The summed E-state index contributed by atoms with van der Waals surface area (Å²) in [5.41, 5.74) is 0. The van der Waals surface area contributed by atoms with Crippen LogP contribution in [0.2, 0.25) is 0 Å². The van der Waals surface area contributed by atoms with Crippen molar-refractivity contribution >= 4 is 12.0 Å². The molecule has 0 atom stereocenters. The molecule has 1 rings (SSSR count). The Kier molecular flexibility index (Phi) is 5.25. The lowest BCUT2D eigenvalue weighted by atomic mass is 9.89. The Labute approximate surface area is 102 Å². The van der Waals surface area contributed by atoms with E-state index in [9.17, 15) is 9.59 Å². The summed E-state index contributed by atoms with van der Waals surface area (Å²) in [5, 5.41) is 8.62. The zero-order valence-corrected chi connectivity index (χ0v) is 10.7. The molecule has 1 saturated carbocycles. The second-order valence-electron chi connectivity index (χ2n) is 4.92. The fourth-order valence-electron chi connectivity index (χ4n) is 2.40. The maximum absolute atomic E-state index is 11.8. The van der Waals surface area contributed by atoms with Crippen LogP contribution >= 0.6 is 0 Å². The first-order valence-electron chi connectivity index (χ1n) is 6.18. The van der Waals surface area contributed by atoms with Gasteiger partial charge in [-0.3, -0.25) is 4.79 Å². The molecule has 0 aromatic carbocycles. The third-order valence-electron chi connectivity index (χ3n) is 3.28. The van der Waals surface area contributed by atoms with Crippen molar-refractivity contribution < 1.29 is 14.7 Å². The minimum atomic E-state index is -0.980. The zero-order valence-electron chi connectivity index (χ0n) is 10.7. The molecule has 0 bridgehead atoms. The summed E-state index contributed by atoms with van der Waals surface area (Å²) in [6, 6.07) is -0.210. The lowest BCUT2D eigenvalue weighted by molar-refractivity contribution is -0.137. The monoisotopic (exact) mass is 242 g/mol. The van der Waals surface area contributed by atoms with Crippen molar-refractivity contribution in [1.82, 2.24) is 9.80 Å². The molecule has 5 heteroatoms. The lowest BCUT2D eigenvalue weighted by Crippen LogP contribution is -2.43. The van der Waals surface area contributed by atoms with Crippen molar-refractivity contribution in [1.29, 1.82) is 0 Å². The Morgan fingerprint density at radius 1 is 1.12 bits per heavy atom. The number of carboxylic acids is 1. The number of nitrogens with zero attached hydrogens (tertiary/aromatic N) is 2. The van der Waals surface area contributed by atoms with Gasteiger partial charge in [-0.15, -0.1) is 0 Å². The van der Waals surface area contributed by atoms with Crippen molar-refractivity contribution in [2.45, 2.75) is 32.1 Å². The third-order valence-corrected chi connectivity index (χ3v) is 3.28. The summed E-state index contributed by atoms with van der Waals surface area (Å²) in [5.74, 6) is -0.400. The normalized spacial score (nSPS) is 16.6.